The van der Waals surface area contributed by atoms with Gasteiger partial charge in [-0.25, -0.2) is 9.78 Å². The van der Waals surface area contributed by atoms with Crippen LogP contribution in [0, 0.1) is 0 Å². The standard InChI is InChI=1S/C7H10N4O2S/c12-6(13)5-3-8-1-2-11(5)7-9-4-10-14-7/h4-5,8H,1-3H2,(H,12,13). The summed E-state index contributed by atoms with van der Waals surface area (Å²) in [7, 11) is 0. The summed E-state index contributed by atoms with van der Waals surface area (Å²) in [6, 6.07) is -0.531. The van der Waals surface area contributed by atoms with Crippen LogP contribution in [-0.4, -0.2) is 46.1 Å². The summed E-state index contributed by atoms with van der Waals surface area (Å²) in [5, 5.41) is 12.7. The van der Waals surface area contributed by atoms with Gasteiger partial charge in [-0.2, -0.15) is 4.37 Å². The van der Waals surface area contributed by atoms with E-state index < -0.39 is 12.0 Å². The van der Waals surface area contributed by atoms with Gasteiger partial charge in [0.1, 0.15) is 12.4 Å². The number of hydrogen-bond donors (Lipinski definition) is 2. The number of anilines is 1. The summed E-state index contributed by atoms with van der Waals surface area (Å²) in [6.07, 6.45) is 1.45. The first kappa shape index (κ1) is 9.35. The second kappa shape index (κ2) is 3.89. The molecule has 1 atom stereocenters. The van der Waals surface area contributed by atoms with Gasteiger partial charge < -0.3 is 15.3 Å². The lowest BCUT2D eigenvalue weighted by Gasteiger charge is -2.32. The molecule has 2 rings (SSSR count). The number of nitrogens with zero attached hydrogens (tertiary/aromatic N) is 3. The van der Waals surface area contributed by atoms with Crippen molar-refractivity contribution in [2.75, 3.05) is 24.5 Å². The van der Waals surface area contributed by atoms with Gasteiger partial charge >= 0.3 is 5.97 Å². The largest absolute Gasteiger partial charge is 0.480 e. The number of hydrogen-bond acceptors (Lipinski definition) is 6. The Balaban J connectivity index is 2.18. The molecule has 0 radical (unpaired) electrons. The molecule has 14 heavy (non-hydrogen) atoms. The third kappa shape index (κ3) is 1.68. The topological polar surface area (TPSA) is 78.4 Å². The molecule has 1 aromatic rings. The van der Waals surface area contributed by atoms with Crippen LogP contribution in [0.15, 0.2) is 6.33 Å². The van der Waals surface area contributed by atoms with E-state index in [1.807, 2.05) is 0 Å². The van der Waals surface area contributed by atoms with Gasteiger partial charge in [-0.05, 0) is 0 Å². The van der Waals surface area contributed by atoms with Gasteiger partial charge in [0.05, 0.1) is 0 Å². The van der Waals surface area contributed by atoms with Gasteiger partial charge in [0.2, 0.25) is 5.13 Å². The van der Waals surface area contributed by atoms with Gasteiger partial charge in [0.15, 0.2) is 0 Å². The molecule has 76 valence electrons. The zero-order chi connectivity index (χ0) is 9.97. The Morgan fingerprint density at radius 2 is 2.64 bits per heavy atom. The van der Waals surface area contributed by atoms with E-state index in [0.717, 1.165) is 6.54 Å². The lowest BCUT2D eigenvalue weighted by Crippen LogP contribution is -2.55. The van der Waals surface area contributed by atoms with Gasteiger partial charge in [0, 0.05) is 31.2 Å². The maximum Gasteiger partial charge on any atom is 0.327 e. The van der Waals surface area contributed by atoms with Crippen LogP contribution in [0.3, 0.4) is 0 Å². The van der Waals surface area contributed by atoms with Crippen molar-refractivity contribution in [1.82, 2.24) is 14.7 Å². The fourth-order valence-electron chi connectivity index (χ4n) is 1.45. The van der Waals surface area contributed by atoms with Crippen molar-refractivity contribution in [3.05, 3.63) is 6.33 Å². The highest BCUT2D eigenvalue weighted by molar-refractivity contribution is 7.09. The van der Waals surface area contributed by atoms with Crippen LogP contribution in [0.25, 0.3) is 0 Å². The van der Waals surface area contributed by atoms with Crippen molar-refractivity contribution in [2.24, 2.45) is 0 Å². The molecule has 2 N–H and O–H groups in total. The van der Waals surface area contributed by atoms with E-state index in [4.69, 9.17) is 5.11 Å². The van der Waals surface area contributed by atoms with Crippen LogP contribution >= 0.6 is 11.5 Å². The quantitative estimate of drug-likeness (QED) is 0.684. The molecule has 7 heteroatoms. The van der Waals surface area contributed by atoms with Crippen molar-refractivity contribution in [1.29, 1.82) is 0 Å². The van der Waals surface area contributed by atoms with Gasteiger partial charge in [-0.3, -0.25) is 0 Å². The predicted molar refractivity (Wildman–Crippen MR) is 51.5 cm³/mol. The number of carboxylic acid groups (broad SMARTS) is 1. The van der Waals surface area contributed by atoms with E-state index in [1.54, 1.807) is 4.90 Å². The number of aliphatic carboxylic acids is 1. The van der Waals surface area contributed by atoms with E-state index in [1.165, 1.54) is 17.9 Å². The van der Waals surface area contributed by atoms with E-state index in [2.05, 4.69) is 14.7 Å². The van der Waals surface area contributed by atoms with Gasteiger partial charge in [-0.1, -0.05) is 0 Å². The predicted octanol–water partition coefficient (Wildman–Crippen LogP) is -0.599. The minimum Gasteiger partial charge on any atom is -0.480 e. The molecule has 1 aliphatic rings. The normalized spacial score (nSPS) is 22.3. The number of aromatic nitrogens is 2. The zero-order valence-electron chi connectivity index (χ0n) is 7.38. The van der Waals surface area contributed by atoms with Crippen molar-refractivity contribution in [3.8, 4) is 0 Å². The second-order valence-corrected chi connectivity index (χ2v) is 3.73. The molecule has 1 aliphatic heterocycles. The maximum absolute atomic E-state index is 10.9. The molecule has 0 spiro atoms. The molecule has 0 amide bonds. The van der Waals surface area contributed by atoms with Crippen molar-refractivity contribution < 1.29 is 9.90 Å². The number of nitrogens with one attached hydrogen (secondary N) is 1. The third-order valence-electron chi connectivity index (χ3n) is 2.12. The monoisotopic (exact) mass is 214 g/mol. The fourth-order valence-corrected chi connectivity index (χ4v) is 2.05. The molecule has 1 unspecified atom stereocenters. The average molecular weight is 214 g/mol. The highest BCUT2D eigenvalue weighted by Gasteiger charge is 2.29. The summed E-state index contributed by atoms with van der Waals surface area (Å²) >= 11 is 1.22. The van der Waals surface area contributed by atoms with Gasteiger partial charge in [-0.15, -0.1) is 0 Å². The third-order valence-corrected chi connectivity index (χ3v) is 2.83. The summed E-state index contributed by atoms with van der Waals surface area (Å²) in [5.74, 6) is -0.826. The Bertz CT molecular complexity index is 315. The Hall–Kier alpha value is -1.21. The van der Waals surface area contributed by atoms with Crippen LogP contribution < -0.4 is 10.2 Å². The molecule has 1 fully saturated rings. The minimum atomic E-state index is -0.826. The summed E-state index contributed by atoms with van der Waals surface area (Å²) in [5.41, 5.74) is 0. The molecule has 0 aliphatic carbocycles. The van der Waals surface area contributed by atoms with Crippen LogP contribution in [0.1, 0.15) is 0 Å². The highest BCUT2D eigenvalue weighted by atomic mass is 32.1. The van der Waals surface area contributed by atoms with E-state index in [-0.39, 0.29) is 0 Å². The number of piperazine rings is 1. The Morgan fingerprint density at radius 1 is 1.79 bits per heavy atom. The molecule has 2 heterocycles. The molecular formula is C7H10N4O2S. The van der Waals surface area contributed by atoms with Crippen molar-refractivity contribution in [3.63, 3.8) is 0 Å². The van der Waals surface area contributed by atoms with Crippen molar-refractivity contribution >= 4 is 22.6 Å². The highest BCUT2D eigenvalue weighted by Crippen LogP contribution is 2.18. The van der Waals surface area contributed by atoms with E-state index in [9.17, 15) is 4.79 Å². The van der Waals surface area contributed by atoms with Gasteiger partial charge in [0.25, 0.3) is 0 Å². The first-order valence-corrected chi connectivity index (χ1v) is 5.03. The Labute approximate surface area is 84.7 Å². The average Bonchev–Trinajstić information content (AvgIpc) is 2.70. The Morgan fingerprint density at radius 3 is 3.29 bits per heavy atom. The summed E-state index contributed by atoms with van der Waals surface area (Å²) in [4.78, 5) is 16.7. The smallest absolute Gasteiger partial charge is 0.327 e. The number of carboxylic acids is 1. The van der Waals surface area contributed by atoms with Crippen LogP contribution in [-0.2, 0) is 4.79 Å². The number of rotatable bonds is 2. The number of carbonyl (C=O) groups is 1. The lowest BCUT2D eigenvalue weighted by atomic mass is 10.2. The fraction of sp³-hybridized carbons (Fsp3) is 0.571. The van der Waals surface area contributed by atoms with E-state index >= 15 is 0 Å². The second-order valence-electron chi connectivity index (χ2n) is 2.98. The van der Waals surface area contributed by atoms with Crippen LogP contribution in [0.4, 0.5) is 5.13 Å². The lowest BCUT2D eigenvalue weighted by molar-refractivity contribution is -0.138. The van der Waals surface area contributed by atoms with Crippen LogP contribution in [0.2, 0.25) is 0 Å². The van der Waals surface area contributed by atoms with E-state index in [0.29, 0.717) is 18.2 Å². The SMILES string of the molecule is O=C(O)C1CNCCN1c1ncns1. The molecule has 6 nitrogen and oxygen atoms in total. The maximum atomic E-state index is 10.9. The summed E-state index contributed by atoms with van der Waals surface area (Å²) < 4.78 is 3.87. The minimum absolute atomic E-state index is 0.453. The first-order chi connectivity index (χ1) is 6.79. The zero-order valence-corrected chi connectivity index (χ0v) is 8.20. The molecule has 0 saturated carbocycles. The Kier molecular flexibility index (Phi) is 2.60. The summed E-state index contributed by atoms with van der Waals surface area (Å²) in [6.45, 7) is 1.89. The molecule has 1 saturated heterocycles. The van der Waals surface area contributed by atoms with Crippen molar-refractivity contribution in [2.45, 2.75) is 6.04 Å². The van der Waals surface area contributed by atoms with Crippen LogP contribution in [0.5, 0.6) is 0 Å². The molecule has 0 aromatic carbocycles. The first-order valence-electron chi connectivity index (χ1n) is 4.26. The molecule has 0 bridgehead atoms. The molecule has 1 aromatic heterocycles. The molecular weight excluding hydrogens is 204 g/mol.